The molecule has 0 bridgehead atoms. The topological polar surface area (TPSA) is 59.2 Å². The zero-order valence-corrected chi connectivity index (χ0v) is 15.6. The van der Waals surface area contributed by atoms with Crippen LogP contribution >= 0.6 is 22.9 Å². The number of rotatable bonds is 5. The lowest BCUT2D eigenvalue weighted by Crippen LogP contribution is -2.12. The van der Waals surface area contributed by atoms with Gasteiger partial charge in [0.05, 0.1) is 5.02 Å². The van der Waals surface area contributed by atoms with Crippen molar-refractivity contribution >= 4 is 61.8 Å². The van der Waals surface area contributed by atoms with Crippen LogP contribution in [0.15, 0.2) is 60.8 Å². The van der Waals surface area contributed by atoms with Gasteiger partial charge in [-0.1, -0.05) is 48.0 Å². The van der Waals surface area contributed by atoms with Crippen LogP contribution in [-0.4, -0.2) is 23.3 Å². The lowest BCUT2D eigenvalue weighted by Gasteiger charge is -2.00. The molecule has 0 atom stereocenters. The number of H-pyrrole nitrogens is 1. The average molecular weight is 396 g/mol. The summed E-state index contributed by atoms with van der Waals surface area (Å²) in [6.07, 6.45) is 4.54. The molecule has 4 rings (SSSR count). The lowest BCUT2D eigenvalue weighted by molar-refractivity contribution is -0.136. The van der Waals surface area contributed by atoms with Gasteiger partial charge in [0.15, 0.2) is 6.61 Å². The average Bonchev–Trinajstić information content (AvgIpc) is 3.26. The van der Waals surface area contributed by atoms with Gasteiger partial charge in [-0.05, 0) is 18.2 Å². The van der Waals surface area contributed by atoms with Gasteiger partial charge in [0.2, 0.25) is 5.78 Å². The first-order valence-corrected chi connectivity index (χ1v) is 9.44. The Bertz CT molecular complexity index is 1190. The normalized spacial score (nSPS) is 11.4. The quantitative estimate of drug-likeness (QED) is 0.276. The number of ketones is 1. The molecular weight excluding hydrogens is 382 g/mol. The van der Waals surface area contributed by atoms with E-state index < -0.39 is 5.97 Å². The van der Waals surface area contributed by atoms with Crippen molar-refractivity contribution in [3.8, 4) is 0 Å². The summed E-state index contributed by atoms with van der Waals surface area (Å²) in [4.78, 5) is 28.1. The van der Waals surface area contributed by atoms with Crippen LogP contribution < -0.4 is 0 Å². The van der Waals surface area contributed by atoms with Crippen LogP contribution in [0.25, 0.3) is 27.1 Å². The minimum Gasteiger partial charge on any atom is -0.454 e. The third-order valence-electron chi connectivity index (χ3n) is 4.17. The second-order valence-electron chi connectivity index (χ2n) is 5.89. The number of hydrogen-bond donors (Lipinski definition) is 1. The summed E-state index contributed by atoms with van der Waals surface area (Å²) in [5.41, 5.74) is 1.38. The maximum Gasteiger partial charge on any atom is 0.331 e. The molecule has 0 aliphatic rings. The van der Waals surface area contributed by atoms with E-state index in [2.05, 4.69) is 4.98 Å². The standard InChI is InChI=1S/C21H14ClNO3S/c22-21-14-6-2-4-8-18(14)27-19(21)9-10-20(25)26-12-17(24)15-11-23-16-7-3-1-5-13(15)16/h1-11,23H,12H2/b10-9+. The Kier molecular flexibility index (Phi) is 4.79. The minimum atomic E-state index is -0.586. The number of halogens is 1. The Hall–Kier alpha value is -2.89. The van der Waals surface area contributed by atoms with Crippen molar-refractivity contribution in [2.75, 3.05) is 6.61 Å². The minimum absolute atomic E-state index is 0.255. The number of Topliss-reactive ketones (excluding diaryl/α,β-unsaturated/α-hetero) is 1. The van der Waals surface area contributed by atoms with E-state index in [0.29, 0.717) is 10.6 Å². The van der Waals surface area contributed by atoms with Crippen LogP contribution in [0.3, 0.4) is 0 Å². The highest BCUT2D eigenvalue weighted by Crippen LogP contribution is 2.35. The largest absolute Gasteiger partial charge is 0.454 e. The van der Waals surface area contributed by atoms with Crippen LogP contribution in [0, 0.1) is 0 Å². The molecule has 0 saturated carbocycles. The Balaban J connectivity index is 1.42. The number of hydrogen-bond acceptors (Lipinski definition) is 4. The number of para-hydroxylation sites is 1. The molecule has 2 heterocycles. The van der Waals surface area contributed by atoms with Crippen molar-refractivity contribution in [2.24, 2.45) is 0 Å². The second-order valence-corrected chi connectivity index (χ2v) is 7.35. The fraction of sp³-hybridized carbons (Fsp3) is 0.0476. The number of aromatic amines is 1. The third kappa shape index (κ3) is 3.52. The zero-order valence-electron chi connectivity index (χ0n) is 14.1. The van der Waals surface area contributed by atoms with Crippen molar-refractivity contribution in [3.05, 3.63) is 76.3 Å². The van der Waals surface area contributed by atoms with Crippen molar-refractivity contribution in [2.45, 2.75) is 0 Å². The van der Waals surface area contributed by atoms with E-state index in [0.717, 1.165) is 25.9 Å². The molecule has 4 aromatic rings. The first-order chi connectivity index (χ1) is 13.1. The fourth-order valence-electron chi connectivity index (χ4n) is 2.85. The number of aromatic nitrogens is 1. The Labute approximate surface area is 164 Å². The van der Waals surface area contributed by atoms with Crippen LogP contribution in [0.2, 0.25) is 5.02 Å². The van der Waals surface area contributed by atoms with Gasteiger partial charge in [-0.25, -0.2) is 4.79 Å². The lowest BCUT2D eigenvalue weighted by atomic mass is 10.1. The number of carbonyl (C=O) groups is 2. The maximum atomic E-state index is 12.3. The SMILES string of the molecule is O=C(/C=C/c1sc2ccccc2c1Cl)OCC(=O)c1c[nH]c2ccccc12. The molecule has 0 fully saturated rings. The smallest absolute Gasteiger partial charge is 0.331 e. The van der Waals surface area contributed by atoms with Crippen molar-refractivity contribution in [1.82, 2.24) is 4.98 Å². The Morgan fingerprint density at radius 2 is 1.81 bits per heavy atom. The molecular formula is C21H14ClNO3S. The van der Waals surface area contributed by atoms with E-state index in [1.165, 1.54) is 17.4 Å². The first kappa shape index (κ1) is 17.5. The van der Waals surface area contributed by atoms with Crippen LogP contribution in [0.4, 0.5) is 0 Å². The van der Waals surface area contributed by atoms with Gasteiger partial charge < -0.3 is 9.72 Å². The first-order valence-electron chi connectivity index (χ1n) is 8.24. The molecule has 4 nitrogen and oxygen atoms in total. The summed E-state index contributed by atoms with van der Waals surface area (Å²) in [7, 11) is 0. The summed E-state index contributed by atoms with van der Waals surface area (Å²) < 4.78 is 6.13. The molecule has 2 aromatic heterocycles. The molecule has 6 heteroatoms. The third-order valence-corrected chi connectivity index (χ3v) is 5.82. The van der Waals surface area contributed by atoms with E-state index in [1.807, 2.05) is 48.5 Å². The van der Waals surface area contributed by atoms with Crippen molar-refractivity contribution < 1.29 is 14.3 Å². The molecule has 0 aliphatic carbocycles. The highest BCUT2D eigenvalue weighted by Gasteiger charge is 2.13. The predicted octanol–water partition coefficient (Wildman–Crippen LogP) is 5.48. The van der Waals surface area contributed by atoms with Gasteiger partial charge in [0, 0.05) is 43.7 Å². The molecule has 0 aliphatic heterocycles. The molecule has 0 spiro atoms. The van der Waals surface area contributed by atoms with Crippen molar-refractivity contribution in [1.29, 1.82) is 0 Å². The molecule has 134 valence electrons. The Morgan fingerprint density at radius 1 is 1.07 bits per heavy atom. The van der Waals surface area contributed by atoms with E-state index >= 15 is 0 Å². The van der Waals surface area contributed by atoms with Gasteiger partial charge in [-0.15, -0.1) is 11.3 Å². The maximum absolute atomic E-state index is 12.3. The Morgan fingerprint density at radius 3 is 2.63 bits per heavy atom. The van der Waals surface area contributed by atoms with Gasteiger partial charge in [0.1, 0.15) is 0 Å². The fourth-order valence-corrected chi connectivity index (χ4v) is 4.25. The number of esters is 1. The molecule has 27 heavy (non-hydrogen) atoms. The molecule has 0 saturated heterocycles. The summed E-state index contributed by atoms with van der Waals surface area (Å²) >= 11 is 7.83. The molecule has 1 N–H and O–H groups in total. The van der Waals surface area contributed by atoms with Crippen LogP contribution in [0.1, 0.15) is 15.2 Å². The number of ether oxygens (including phenoxy) is 1. The highest BCUT2D eigenvalue weighted by atomic mass is 35.5. The second kappa shape index (κ2) is 7.39. The number of benzene rings is 2. The van der Waals surface area contributed by atoms with Gasteiger partial charge >= 0.3 is 5.97 Å². The van der Waals surface area contributed by atoms with E-state index in [1.54, 1.807) is 12.3 Å². The highest BCUT2D eigenvalue weighted by molar-refractivity contribution is 7.20. The van der Waals surface area contributed by atoms with E-state index in [-0.39, 0.29) is 12.4 Å². The zero-order chi connectivity index (χ0) is 18.8. The van der Waals surface area contributed by atoms with E-state index in [9.17, 15) is 9.59 Å². The number of nitrogens with one attached hydrogen (secondary N) is 1. The van der Waals surface area contributed by atoms with Crippen LogP contribution in [-0.2, 0) is 9.53 Å². The summed E-state index contributed by atoms with van der Waals surface area (Å²) in [6.45, 7) is -0.314. The molecule has 0 radical (unpaired) electrons. The molecule has 0 unspecified atom stereocenters. The monoisotopic (exact) mass is 395 g/mol. The van der Waals surface area contributed by atoms with Crippen molar-refractivity contribution in [3.63, 3.8) is 0 Å². The molecule has 2 aromatic carbocycles. The van der Waals surface area contributed by atoms with Gasteiger partial charge in [0.25, 0.3) is 0 Å². The predicted molar refractivity (Wildman–Crippen MR) is 109 cm³/mol. The summed E-state index contributed by atoms with van der Waals surface area (Å²) in [6, 6.07) is 15.2. The summed E-state index contributed by atoms with van der Waals surface area (Å²) in [5.74, 6) is -0.842. The summed E-state index contributed by atoms with van der Waals surface area (Å²) in [5, 5.41) is 2.37. The molecule has 0 amide bonds. The number of fused-ring (bicyclic) bond motifs is 2. The van der Waals surface area contributed by atoms with Crippen LogP contribution in [0.5, 0.6) is 0 Å². The number of thiophene rings is 1. The van der Waals surface area contributed by atoms with E-state index in [4.69, 9.17) is 16.3 Å². The number of carbonyl (C=O) groups excluding carboxylic acids is 2. The van der Waals surface area contributed by atoms with Gasteiger partial charge in [-0.3, -0.25) is 4.79 Å². The van der Waals surface area contributed by atoms with Gasteiger partial charge in [-0.2, -0.15) is 0 Å².